The van der Waals surface area contributed by atoms with Crippen molar-refractivity contribution >= 4 is 12.4 Å². The van der Waals surface area contributed by atoms with E-state index in [1.54, 1.807) is 13.1 Å². The van der Waals surface area contributed by atoms with Crippen molar-refractivity contribution in [2.45, 2.75) is 19.3 Å². The van der Waals surface area contributed by atoms with Crippen LogP contribution in [0.15, 0.2) is 12.3 Å². The van der Waals surface area contributed by atoms with E-state index in [9.17, 15) is 13.2 Å². The quantitative estimate of drug-likeness (QED) is 0.853. The summed E-state index contributed by atoms with van der Waals surface area (Å²) in [6.45, 7) is -0.554. The predicted molar refractivity (Wildman–Crippen MR) is 48.3 cm³/mol. The first-order valence-corrected chi connectivity index (χ1v) is 3.75. The maximum absolute atomic E-state index is 11.9. The van der Waals surface area contributed by atoms with Crippen LogP contribution in [0.4, 0.5) is 13.2 Å². The monoisotopic (exact) mass is 229 g/mol. The van der Waals surface area contributed by atoms with Gasteiger partial charge in [-0.15, -0.1) is 12.4 Å². The van der Waals surface area contributed by atoms with Gasteiger partial charge in [0, 0.05) is 12.7 Å². The van der Waals surface area contributed by atoms with Crippen molar-refractivity contribution in [3.05, 3.63) is 18.0 Å². The van der Waals surface area contributed by atoms with Crippen molar-refractivity contribution in [1.82, 2.24) is 15.1 Å². The lowest BCUT2D eigenvalue weighted by Gasteiger charge is -2.05. The molecule has 0 aliphatic heterocycles. The molecule has 1 N–H and O–H groups in total. The summed E-state index contributed by atoms with van der Waals surface area (Å²) in [6.07, 6.45) is -2.89. The lowest BCUT2D eigenvalue weighted by Crippen LogP contribution is -2.18. The van der Waals surface area contributed by atoms with Gasteiger partial charge in [0.2, 0.25) is 0 Å². The van der Waals surface area contributed by atoms with Gasteiger partial charge in [0.15, 0.2) is 0 Å². The number of rotatable bonds is 3. The molecular formula is C7H11ClF3N3. The SMILES string of the molecule is CNCc1ccn(CC(F)(F)F)n1.Cl. The fourth-order valence-electron chi connectivity index (χ4n) is 0.951. The van der Waals surface area contributed by atoms with Gasteiger partial charge in [-0.05, 0) is 13.1 Å². The number of hydrogen-bond donors (Lipinski definition) is 1. The first kappa shape index (κ1) is 13.2. The summed E-state index contributed by atoms with van der Waals surface area (Å²) in [6, 6.07) is 1.56. The van der Waals surface area contributed by atoms with Gasteiger partial charge in [-0.25, -0.2) is 0 Å². The molecule has 0 radical (unpaired) electrons. The van der Waals surface area contributed by atoms with Crippen molar-refractivity contribution in [2.24, 2.45) is 0 Å². The Kier molecular flexibility index (Phi) is 4.93. The zero-order chi connectivity index (χ0) is 9.90. The molecule has 0 fully saturated rings. The Bertz CT molecular complexity index is 271. The molecule has 0 bridgehead atoms. The molecule has 0 aliphatic rings. The van der Waals surface area contributed by atoms with E-state index in [1.165, 1.54) is 6.20 Å². The van der Waals surface area contributed by atoms with Crippen molar-refractivity contribution in [2.75, 3.05) is 7.05 Å². The van der Waals surface area contributed by atoms with Crippen LogP contribution in [-0.4, -0.2) is 23.0 Å². The van der Waals surface area contributed by atoms with E-state index in [0.717, 1.165) is 4.68 Å². The van der Waals surface area contributed by atoms with Gasteiger partial charge in [0.1, 0.15) is 6.54 Å². The first-order chi connectivity index (χ1) is 6.01. The van der Waals surface area contributed by atoms with Crippen molar-refractivity contribution in [3.8, 4) is 0 Å². The molecule has 0 aliphatic carbocycles. The summed E-state index contributed by atoms with van der Waals surface area (Å²) in [5, 5.41) is 6.52. The fourth-order valence-corrected chi connectivity index (χ4v) is 0.951. The van der Waals surface area contributed by atoms with Crippen LogP contribution < -0.4 is 5.32 Å². The Morgan fingerprint density at radius 2 is 2.14 bits per heavy atom. The largest absolute Gasteiger partial charge is 0.408 e. The van der Waals surface area contributed by atoms with E-state index in [4.69, 9.17) is 0 Å². The molecule has 14 heavy (non-hydrogen) atoms. The lowest BCUT2D eigenvalue weighted by atomic mass is 10.4. The minimum Gasteiger partial charge on any atom is -0.314 e. The number of aromatic nitrogens is 2. The summed E-state index contributed by atoms with van der Waals surface area (Å²) < 4.78 is 36.5. The van der Waals surface area contributed by atoms with Gasteiger partial charge in [-0.2, -0.15) is 18.3 Å². The Morgan fingerprint density at radius 1 is 1.50 bits per heavy atom. The summed E-state index contributed by atoms with van der Waals surface area (Å²) in [5.74, 6) is 0. The molecule has 1 heterocycles. The molecule has 7 heteroatoms. The molecule has 0 amide bonds. The van der Waals surface area contributed by atoms with Crippen LogP contribution in [-0.2, 0) is 13.1 Å². The molecule has 0 spiro atoms. The second-order valence-corrected chi connectivity index (χ2v) is 2.65. The second-order valence-electron chi connectivity index (χ2n) is 2.65. The van der Waals surface area contributed by atoms with E-state index < -0.39 is 12.7 Å². The smallest absolute Gasteiger partial charge is 0.314 e. The summed E-state index contributed by atoms with van der Waals surface area (Å²) in [4.78, 5) is 0. The van der Waals surface area contributed by atoms with E-state index in [-0.39, 0.29) is 12.4 Å². The average molecular weight is 230 g/mol. The first-order valence-electron chi connectivity index (χ1n) is 3.75. The molecule has 0 atom stereocenters. The number of alkyl halides is 3. The van der Waals surface area contributed by atoms with E-state index in [2.05, 4.69) is 10.4 Å². The maximum Gasteiger partial charge on any atom is 0.408 e. The van der Waals surface area contributed by atoms with Crippen LogP contribution in [0.1, 0.15) is 5.69 Å². The van der Waals surface area contributed by atoms with Crippen molar-refractivity contribution < 1.29 is 13.2 Å². The molecule has 1 aromatic heterocycles. The van der Waals surface area contributed by atoms with Crippen LogP contribution in [0.5, 0.6) is 0 Å². The Hall–Kier alpha value is -0.750. The minimum absolute atomic E-state index is 0. The fraction of sp³-hybridized carbons (Fsp3) is 0.571. The van der Waals surface area contributed by atoms with E-state index in [0.29, 0.717) is 12.2 Å². The zero-order valence-corrected chi connectivity index (χ0v) is 8.32. The van der Waals surface area contributed by atoms with Gasteiger partial charge in [0.05, 0.1) is 5.69 Å². The number of halogens is 4. The van der Waals surface area contributed by atoms with Crippen molar-refractivity contribution in [3.63, 3.8) is 0 Å². The van der Waals surface area contributed by atoms with Gasteiger partial charge in [0.25, 0.3) is 0 Å². The lowest BCUT2D eigenvalue weighted by molar-refractivity contribution is -0.142. The van der Waals surface area contributed by atoms with E-state index >= 15 is 0 Å². The molecule has 82 valence electrons. The highest BCUT2D eigenvalue weighted by Crippen LogP contribution is 2.16. The van der Waals surface area contributed by atoms with Gasteiger partial charge in [-0.3, -0.25) is 4.68 Å². The van der Waals surface area contributed by atoms with Gasteiger partial charge in [-0.1, -0.05) is 0 Å². The minimum atomic E-state index is -4.21. The summed E-state index contributed by atoms with van der Waals surface area (Å²) >= 11 is 0. The van der Waals surface area contributed by atoms with Crippen molar-refractivity contribution in [1.29, 1.82) is 0 Å². The molecule has 0 aromatic carbocycles. The second kappa shape index (κ2) is 5.21. The third-order valence-electron chi connectivity index (χ3n) is 1.40. The maximum atomic E-state index is 11.9. The number of nitrogens with one attached hydrogen (secondary N) is 1. The van der Waals surface area contributed by atoms with Crippen LogP contribution in [0, 0.1) is 0 Å². The Balaban J connectivity index is 0.00000169. The highest BCUT2D eigenvalue weighted by Gasteiger charge is 2.28. The molecule has 1 rings (SSSR count). The van der Waals surface area contributed by atoms with Crippen LogP contribution in [0.3, 0.4) is 0 Å². The van der Waals surface area contributed by atoms with E-state index in [1.807, 2.05) is 0 Å². The number of hydrogen-bond acceptors (Lipinski definition) is 2. The molecule has 3 nitrogen and oxygen atoms in total. The van der Waals surface area contributed by atoms with Gasteiger partial charge < -0.3 is 5.32 Å². The third kappa shape index (κ3) is 4.48. The predicted octanol–water partition coefficient (Wildman–Crippen LogP) is 1.59. The molecule has 0 unspecified atom stereocenters. The summed E-state index contributed by atoms with van der Waals surface area (Å²) in [5.41, 5.74) is 0.603. The standard InChI is InChI=1S/C7H10F3N3.ClH/c1-11-4-6-2-3-13(12-6)5-7(8,9)10;/h2-3,11H,4-5H2,1H3;1H. The molecule has 1 aromatic rings. The molecule has 0 saturated heterocycles. The number of nitrogens with zero attached hydrogens (tertiary/aromatic N) is 2. The summed E-state index contributed by atoms with van der Waals surface area (Å²) in [7, 11) is 1.71. The highest BCUT2D eigenvalue weighted by atomic mass is 35.5. The normalized spacial score (nSPS) is 11.1. The molecule has 0 saturated carbocycles. The average Bonchev–Trinajstić information content (AvgIpc) is 2.33. The third-order valence-corrected chi connectivity index (χ3v) is 1.40. The van der Waals surface area contributed by atoms with Gasteiger partial charge >= 0.3 is 6.18 Å². The highest BCUT2D eigenvalue weighted by molar-refractivity contribution is 5.85. The Labute approximate surface area is 85.7 Å². The van der Waals surface area contributed by atoms with Crippen LogP contribution in [0.2, 0.25) is 0 Å². The van der Waals surface area contributed by atoms with Crippen LogP contribution in [0.25, 0.3) is 0 Å². The topological polar surface area (TPSA) is 29.9 Å². The zero-order valence-electron chi connectivity index (χ0n) is 7.51. The van der Waals surface area contributed by atoms with Crippen LogP contribution >= 0.6 is 12.4 Å². The Morgan fingerprint density at radius 3 is 2.64 bits per heavy atom. The molecular weight excluding hydrogens is 219 g/mol.